The second kappa shape index (κ2) is 10.7. The molecule has 1 aliphatic rings. The van der Waals surface area contributed by atoms with Crippen LogP contribution in [0.4, 0.5) is 5.82 Å². The smallest absolute Gasteiger partial charge is 0.294 e. The third-order valence-corrected chi connectivity index (χ3v) is 5.94. The Kier molecular flexibility index (Phi) is 7.51. The summed E-state index contributed by atoms with van der Waals surface area (Å²) in [6.07, 6.45) is 6.21. The third kappa shape index (κ3) is 5.15. The number of ether oxygens (including phenoxy) is 2. The zero-order chi connectivity index (χ0) is 23.2. The molecule has 0 aliphatic carbocycles. The van der Waals surface area contributed by atoms with Crippen LogP contribution in [0.25, 0.3) is 22.3 Å². The predicted molar refractivity (Wildman–Crippen MR) is 127 cm³/mol. The molecule has 9 nitrogen and oxygen atoms in total. The summed E-state index contributed by atoms with van der Waals surface area (Å²) in [6.45, 7) is 5.06. The Morgan fingerprint density at radius 3 is 2.82 bits per heavy atom. The first-order chi connectivity index (χ1) is 16.1. The summed E-state index contributed by atoms with van der Waals surface area (Å²) in [5.74, 6) is 1.09. The van der Waals surface area contributed by atoms with E-state index < -0.39 is 0 Å². The molecule has 4 heterocycles. The van der Waals surface area contributed by atoms with Crippen LogP contribution in [0, 0.1) is 5.92 Å². The third-order valence-electron chi connectivity index (χ3n) is 5.94. The standard InChI is InChI=1S/C24H31N5O4/c1-3-10-33-11-9-29-21-12-19(18-6-7-22(32-2)26-13-18)25-14-20(21)27-23(24(29)31)28-8-4-5-17(15-28)16-30/h6-7,12-14,17,30H,3-5,8-11,15-16H2,1-2H3. The van der Waals surface area contributed by atoms with Gasteiger partial charge in [-0.3, -0.25) is 9.78 Å². The van der Waals surface area contributed by atoms with Crippen LogP contribution in [0.3, 0.4) is 0 Å². The van der Waals surface area contributed by atoms with Crippen LogP contribution < -0.4 is 15.2 Å². The summed E-state index contributed by atoms with van der Waals surface area (Å²) < 4.78 is 12.6. The molecule has 1 unspecified atom stereocenters. The van der Waals surface area contributed by atoms with Crippen molar-refractivity contribution < 1.29 is 14.6 Å². The van der Waals surface area contributed by atoms with Gasteiger partial charge in [-0.25, -0.2) is 9.97 Å². The molecule has 0 saturated carbocycles. The fraction of sp³-hybridized carbons (Fsp3) is 0.500. The van der Waals surface area contributed by atoms with Gasteiger partial charge in [0.15, 0.2) is 5.82 Å². The number of nitrogens with zero attached hydrogens (tertiary/aromatic N) is 5. The lowest BCUT2D eigenvalue weighted by Gasteiger charge is -2.32. The van der Waals surface area contributed by atoms with E-state index in [4.69, 9.17) is 14.5 Å². The quantitative estimate of drug-likeness (QED) is 0.493. The largest absolute Gasteiger partial charge is 0.481 e. The number of pyridine rings is 2. The van der Waals surface area contributed by atoms with E-state index in [1.54, 1.807) is 30.1 Å². The fourth-order valence-electron chi connectivity index (χ4n) is 4.18. The minimum atomic E-state index is -0.147. The zero-order valence-corrected chi connectivity index (χ0v) is 19.2. The summed E-state index contributed by atoms with van der Waals surface area (Å²) in [7, 11) is 1.57. The van der Waals surface area contributed by atoms with Gasteiger partial charge >= 0.3 is 0 Å². The van der Waals surface area contributed by atoms with Crippen LogP contribution in [0.5, 0.6) is 5.88 Å². The second-order valence-electron chi connectivity index (χ2n) is 8.29. The van der Waals surface area contributed by atoms with Gasteiger partial charge in [-0.1, -0.05) is 6.92 Å². The summed E-state index contributed by atoms with van der Waals surface area (Å²) in [6, 6.07) is 5.54. The van der Waals surface area contributed by atoms with Crippen molar-refractivity contribution in [3.8, 4) is 17.1 Å². The van der Waals surface area contributed by atoms with E-state index >= 15 is 0 Å². The Labute approximate surface area is 193 Å². The Bertz CT molecular complexity index is 1130. The molecule has 1 atom stereocenters. The molecule has 3 aromatic heterocycles. The van der Waals surface area contributed by atoms with E-state index in [1.165, 1.54) is 0 Å². The molecule has 0 radical (unpaired) electrons. The Morgan fingerprint density at radius 2 is 2.09 bits per heavy atom. The van der Waals surface area contributed by atoms with Crippen molar-refractivity contribution in [2.75, 3.05) is 44.9 Å². The lowest BCUT2D eigenvalue weighted by molar-refractivity contribution is 0.127. The van der Waals surface area contributed by atoms with Crippen molar-refractivity contribution in [3.63, 3.8) is 0 Å². The lowest BCUT2D eigenvalue weighted by Crippen LogP contribution is -2.41. The van der Waals surface area contributed by atoms with Gasteiger partial charge < -0.3 is 24.0 Å². The number of hydrogen-bond donors (Lipinski definition) is 1. The molecule has 176 valence electrons. The van der Waals surface area contributed by atoms with Gasteiger partial charge in [-0.2, -0.15) is 0 Å². The molecule has 0 bridgehead atoms. The maximum absolute atomic E-state index is 13.6. The average Bonchev–Trinajstić information content (AvgIpc) is 2.87. The Hall–Kier alpha value is -3.04. The van der Waals surface area contributed by atoms with Crippen LogP contribution >= 0.6 is 0 Å². The molecule has 4 rings (SSSR count). The van der Waals surface area contributed by atoms with Crippen molar-refractivity contribution >= 4 is 16.9 Å². The van der Waals surface area contributed by atoms with Crippen LogP contribution in [-0.4, -0.2) is 64.6 Å². The van der Waals surface area contributed by atoms with E-state index in [9.17, 15) is 9.90 Å². The van der Waals surface area contributed by atoms with Gasteiger partial charge in [-0.05, 0) is 37.3 Å². The average molecular weight is 454 g/mol. The molecule has 3 aromatic rings. The minimum Gasteiger partial charge on any atom is -0.481 e. The number of fused-ring (bicyclic) bond motifs is 1. The molecular formula is C24H31N5O4. The molecule has 0 spiro atoms. The van der Waals surface area contributed by atoms with Crippen molar-refractivity contribution in [1.29, 1.82) is 0 Å². The van der Waals surface area contributed by atoms with Crippen LogP contribution in [0.15, 0.2) is 35.4 Å². The topological polar surface area (TPSA) is 103 Å². The van der Waals surface area contributed by atoms with E-state index in [1.807, 2.05) is 17.0 Å². The van der Waals surface area contributed by atoms with Crippen molar-refractivity contribution in [1.82, 2.24) is 19.5 Å². The number of aromatic nitrogens is 4. The number of rotatable bonds is 9. The maximum Gasteiger partial charge on any atom is 0.294 e. The summed E-state index contributed by atoms with van der Waals surface area (Å²) in [4.78, 5) is 29.1. The van der Waals surface area contributed by atoms with Gasteiger partial charge in [0, 0.05) is 50.7 Å². The predicted octanol–water partition coefficient (Wildman–Crippen LogP) is 2.50. The van der Waals surface area contributed by atoms with Gasteiger partial charge in [0.05, 0.1) is 31.1 Å². The van der Waals surface area contributed by atoms with E-state index in [2.05, 4.69) is 16.9 Å². The fourth-order valence-corrected chi connectivity index (χ4v) is 4.18. The number of methoxy groups -OCH3 is 1. The van der Waals surface area contributed by atoms with Crippen molar-refractivity contribution in [2.24, 2.45) is 5.92 Å². The van der Waals surface area contributed by atoms with Gasteiger partial charge in [-0.15, -0.1) is 0 Å². The number of aliphatic hydroxyl groups is 1. The highest BCUT2D eigenvalue weighted by Crippen LogP contribution is 2.24. The molecule has 33 heavy (non-hydrogen) atoms. The summed E-state index contributed by atoms with van der Waals surface area (Å²) >= 11 is 0. The molecule has 1 fully saturated rings. The van der Waals surface area contributed by atoms with Gasteiger partial charge in [0.2, 0.25) is 5.88 Å². The molecule has 1 saturated heterocycles. The van der Waals surface area contributed by atoms with Gasteiger partial charge in [0.1, 0.15) is 5.52 Å². The summed E-state index contributed by atoms with van der Waals surface area (Å²) in [5, 5.41) is 9.62. The van der Waals surface area contributed by atoms with E-state index in [-0.39, 0.29) is 18.1 Å². The molecule has 0 amide bonds. The zero-order valence-electron chi connectivity index (χ0n) is 19.2. The van der Waals surface area contributed by atoms with Crippen LogP contribution in [-0.2, 0) is 11.3 Å². The first-order valence-electron chi connectivity index (χ1n) is 11.5. The normalized spacial score (nSPS) is 16.3. The SMILES string of the molecule is CCCOCCn1c(=O)c(N2CCCC(CO)C2)nc2cnc(-c3ccc(OC)nc3)cc21. The number of hydrogen-bond acceptors (Lipinski definition) is 8. The molecular weight excluding hydrogens is 422 g/mol. The van der Waals surface area contributed by atoms with E-state index in [0.717, 1.165) is 31.4 Å². The number of piperidine rings is 1. The second-order valence-corrected chi connectivity index (χ2v) is 8.29. The highest BCUT2D eigenvalue weighted by atomic mass is 16.5. The monoisotopic (exact) mass is 453 g/mol. The first kappa shape index (κ1) is 23.1. The lowest BCUT2D eigenvalue weighted by atomic mass is 9.99. The van der Waals surface area contributed by atoms with Crippen LogP contribution in [0.2, 0.25) is 0 Å². The Balaban J connectivity index is 1.76. The van der Waals surface area contributed by atoms with Crippen molar-refractivity contribution in [2.45, 2.75) is 32.7 Å². The number of anilines is 1. The van der Waals surface area contributed by atoms with Crippen molar-refractivity contribution in [3.05, 3.63) is 40.9 Å². The maximum atomic E-state index is 13.6. The van der Waals surface area contributed by atoms with Gasteiger partial charge in [0.25, 0.3) is 5.56 Å². The minimum absolute atomic E-state index is 0.115. The van der Waals surface area contributed by atoms with E-state index in [0.29, 0.717) is 54.7 Å². The highest BCUT2D eigenvalue weighted by molar-refractivity contribution is 5.80. The molecule has 1 N–H and O–H groups in total. The molecule has 0 aromatic carbocycles. The molecule has 9 heteroatoms. The molecule has 1 aliphatic heterocycles. The Morgan fingerprint density at radius 1 is 1.21 bits per heavy atom. The van der Waals surface area contributed by atoms with Crippen LogP contribution in [0.1, 0.15) is 26.2 Å². The highest BCUT2D eigenvalue weighted by Gasteiger charge is 2.24. The number of aliphatic hydroxyl groups excluding tert-OH is 1. The first-order valence-corrected chi connectivity index (χ1v) is 11.5. The summed E-state index contributed by atoms with van der Waals surface area (Å²) in [5.41, 5.74) is 2.74.